The number of rotatable bonds is 2. The zero-order valence-corrected chi connectivity index (χ0v) is 12.3. The molecule has 0 bridgehead atoms. The van der Waals surface area contributed by atoms with Crippen LogP contribution < -0.4 is 4.90 Å². The normalized spacial score (nSPS) is 24.5. The van der Waals surface area contributed by atoms with Crippen LogP contribution in [0.5, 0.6) is 0 Å². The Kier molecular flexibility index (Phi) is 3.33. The van der Waals surface area contributed by atoms with Gasteiger partial charge < -0.3 is 9.64 Å². The summed E-state index contributed by atoms with van der Waals surface area (Å²) in [4.78, 5) is 16.0. The smallest absolute Gasteiger partial charge is 0.292 e. The van der Waals surface area contributed by atoms with Crippen LogP contribution in [0.2, 0.25) is 0 Å². The summed E-state index contributed by atoms with van der Waals surface area (Å²) >= 11 is 1.77. The first-order chi connectivity index (χ1) is 9.58. The highest BCUT2D eigenvalue weighted by molar-refractivity contribution is 7.99. The highest BCUT2D eigenvalue weighted by Crippen LogP contribution is 2.32. The average molecular weight is 291 g/mol. The fourth-order valence-electron chi connectivity index (χ4n) is 2.51. The number of anilines is 1. The molecule has 2 heterocycles. The fraction of sp³-hybridized carbons (Fsp3) is 0.429. The van der Waals surface area contributed by atoms with E-state index in [-0.39, 0.29) is 24.1 Å². The molecular formula is C14H17N3O2S. The second-order valence-corrected chi connectivity index (χ2v) is 6.26. The zero-order valence-electron chi connectivity index (χ0n) is 11.5. The van der Waals surface area contributed by atoms with Crippen molar-refractivity contribution in [1.29, 1.82) is 5.41 Å². The molecule has 20 heavy (non-hydrogen) atoms. The molecule has 2 fully saturated rings. The molecule has 2 aliphatic heterocycles. The molecule has 0 aliphatic carbocycles. The molecule has 0 aromatic heterocycles. The number of hydrogen-bond donors (Lipinski definition) is 1. The van der Waals surface area contributed by atoms with Gasteiger partial charge in [0, 0.05) is 36.9 Å². The molecule has 0 unspecified atom stereocenters. The average Bonchev–Trinajstić information content (AvgIpc) is 2.98. The number of nitrogens with one attached hydrogen (secondary N) is 1. The van der Waals surface area contributed by atoms with Gasteiger partial charge in [-0.25, -0.2) is 0 Å². The number of amidine groups is 1. The van der Waals surface area contributed by atoms with Crippen LogP contribution in [-0.4, -0.2) is 54.6 Å². The van der Waals surface area contributed by atoms with Crippen LogP contribution in [-0.2, 0) is 4.74 Å². The van der Waals surface area contributed by atoms with Gasteiger partial charge in [0.05, 0.1) is 6.04 Å². The molecule has 0 saturated carbocycles. The third-order valence-corrected chi connectivity index (χ3v) is 4.80. The summed E-state index contributed by atoms with van der Waals surface area (Å²) in [5, 5.41) is 7.86. The lowest BCUT2D eigenvalue weighted by atomic mass is 10.1. The summed E-state index contributed by atoms with van der Waals surface area (Å²) in [6.45, 7) is 0. The molecular weight excluding hydrogens is 274 g/mol. The van der Waals surface area contributed by atoms with Gasteiger partial charge in [-0.15, -0.1) is 0 Å². The third-order valence-electron chi connectivity index (χ3n) is 3.66. The van der Waals surface area contributed by atoms with Crippen LogP contribution >= 0.6 is 11.8 Å². The summed E-state index contributed by atoms with van der Waals surface area (Å²) in [7, 11) is 3.92. The summed E-state index contributed by atoms with van der Waals surface area (Å²) in [5.41, 5.74) is 1.64. The SMILES string of the molecule is CN(C)c1ccc(C(=O)N2C(=N)O[C@H]3CSC[C@H]32)cc1. The minimum Gasteiger partial charge on any atom is -0.459 e. The predicted molar refractivity (Wildman–Crippen MR) is 80.7 cm³/mol. The Balaban J connectivity index is 1.83. The molecule has 2 saturated heterocycles. The second kappa shape index (κ2) is 5.01. The maximum atomic E-state index is 12.6. The first-order valence-electron chi connectivity index (χ1n) is 6.52. The van der Waals surface area contributed by atoms with E-state index in [1.54, 1.807) is 23.9 Å². The van der Waals surface area contributed by atoms with E-state index in [1.807, 2.05) is 31.1 Å². The van der Waals surface area contributed by atoms with E-state index in [0.29, 0.717) is 5.56 Å². The van der Waals surface area contributed by atoms with Crippen LogP contribution in [0, 0.1) is 5.41 Å². The summed E-state index contributed by atoms with van der Waals surface area (Å²) in [6, 6.07) is 7.43. The van der Waals surface area contributed by atoms with E-state index in [1.165, 1.54) is 4.90 Å². The van der Waals surface area contributed by atoms with Gasteiger partial charge in [-0.3, -0.25) is 15.1 Å². The topological polar surface area (TPSA) is 56.6 Å². The standard InChI is InChI=1S/C14H17N3O2S/c1-16(2)10-5-3-9(4-6-10)13(18)17-11-7-20-8-12(11)19-14(17)15/h3-6,11-12,15H,7-8H2,1-2H3/t11-,12+/m1/s1. The maximum absolute atomic E-state index is 12.6. The van der Waals surface area contributed by atoms with Crippen molar-refractivity contribution in [2.45, 2.75) is 12.1 Å². The molecule has 3 rings (SSSR count). The maximum Gasteiger partial charge on any atom is 0.292 e. The minimum absolute atomic E-state index is 0.00789. The van der Waals surface area contributed by atoms with Crippen LogP contribution in [0.15, 0.2) is 24.3 Å². The largest absolute Gasteiger partial charge is 0.459 e. The van der Waals surface area contributed by atoms with Crippen molar-refractivity contribution in [2.24, 2.45) is 0 Å². The van der Waals surface area contributed by atoms with Crippen molar-refractivity contribution < 1.29 is 9.53 Å². The summed E-state index contributed by atoms with van der Waals surface area (Å²) in [6.07, 6.45) is -0.0162. The highest BCUT2D eigenvalue weighted by atomic mass is 32.2. The Morgan fingerprint density at radius 2 is 2.05 bits per heavy atom. The molecule has 1 aromatic carbocycles. The van der Waals surface area contributed by atoms with E-state index < -0.39 is 0 Å². The first-order valence-corrected chi connectivity index (χ1v) is 7.67. The molecule has 0 radical (unpaired) electrons. The number of carbonyl (C=O) groups is 1. The molecule has 0 spiro atoms. The van der Waals surface area contributed by atoms with Crippen LogP contribution in [0.3, 0.4) is 0 Å². The van der Waals surface area contributed by atoms with Gasteiger partial charge in [0.1, 0.15) is 6.10 Å². The first kappa shape index (κ1) is 13.3. The van der Waals surface area contributed by atoms with Crippen molar-refractivity contribution in [3.8, 4) is 0 Å². The van der Waals surface area contributed by atoms with E-state index in [9.17, 15) is 4.79 Å². The molecule has 1 aromatic rings. The van der Waals surface area contributed by atoms with Gasteiger partial charge in [0.2, 0.25) is 0 Å². The van der Waals surface area contributed by atoms with Crippen molar-refractivity contribution in [1.82, 2.24) is 4.90 Å². The number of carbonyl (C=O) groups excluding carboxylic acids is 1. The lowest BCUT2D eigenvalue weighted by Gasteiger charge is -2.20. The van der Waals surface area contributed by atoms with E-state index in [4.69, 9.17) is 10.1 Å². The van der Waals surface area contributed by atoms with E-state index >= 15 is 0 Å². The third kappa shape index (κ3) is 2.14. The molecule has 6 heteroatoms. The molecule has 2 aliphatic rings. The lowest BCUT2D eigenvalue weighted by molar-refractivity contribution is 0.0823. The number of thioether (sulfide) groups is 1. The van der Waals surface area contributed by atoms with Gasteiger partial charge in [-0.2, -0.15) is 11.8 Å². The Labute approximate surface area is 122 Å². The molecule has 2 atom stereocenters. The zero-order chi connectivity index (χ0) is 14.3. The van der Waals surface area contributed by atoms with E-state index in [0.717, 1.165) is 17.2 Å². The van der Waals surface area contributed by atoms with Gasteiger partial charge in [0.25, 0.3) is 11.9 Å². The molecule has 5 nitrogen and oxygen atoms in total. The van der Waals surface area contributed by atoms with Crippen molar-refractivity contribution in [3.05, 3.63) is 29.8 Å². The number of benzene rings is 1. The number of fused-ring (bicyclic) bond motifs is 1. The van der Waals surface area contributed by atoms with Crippen LogP contribution in [0.1, 0.15) is 10.4 Å². The second-order valence-electron chi connectivity index (χ2n) is 5.18. The Morgan fingerprint density at radius 1 is 1.35 bits per heavy atom. The number of amides is 1. The van der Waals surface area contributed by atoms with Crippen LogP contribution in [0.4, 0.5) is 5.69 Å². The Morgan fingerprint density at radius 3 is 2.70 bits per heavy atom. The number of ether oxygens (including phenoxy) is 1. The van der Waals surface area contributed by atoms with Gasteiger partial charge >= 0.3 is 0 Å². The van der Waals surface area contributed by atoms with Crippen molar-refractivity contribution in [2.75, 3.05) is 30.5 Å². The summed E-state index contributed by atoms with van der Waals surface area (Å²) < 4.78 is 5.46. The lowest BCUT2D eigenvalue weighted by Crippen LogP contribution is -2.41. The predicted octanol–water partition coefficient (Wildman–Crippen LogP) is 1.64. The molecule has 1 amide bonds. The fourth-order valence-corrected chi connectivity index (χ4v) is 3.78. The Hall–Kier alpha value is -1.69. The minimum atomic E-state index is -0.143. The number of nitrogens with zero attached hydrogens (tertiary/aromatic N) is 2. The Bertz CT molecular complexity index is 544. The summed E-state index contributed by atoms with van der Waals surface area (Å²) in [5.74, 6) is 1.56. The van der Waals surface area contributed by atoms with Crippen molar-refractivity contribution in [3.63, 3.8) is 0 Å². The monoisotopic (exact) mass is 291 g/mol. The molecule has 106 valence electrons. The van der Waals surface area contributed by atoms with Gasteiger partial charge in [-0.05, 0) is 24.3 Å². The van der Waals surface area contributed by atoms with Crippen molar-refractivity contribution >= 4 is 29.4 Å². The number of hydrogen-bond acceptors (Lipinski definition) is 5. The van der Waals surface area contributed by atoms with Gasteiger partial charge in [-0.1, -0.05) is 0 Å². The van der Waals surface area contributed by atoms with Crippen LogP contribution in [0.25, 0.3) is 0 Å². The quantitative estimate of drug-likeness (QED) is 0.900. The molecule has 1 N–H and O–H groups in total. The van der Waals surface area contributed by atoms with E-state index in [2.05, 4.69) is 0 Å². The highest BCUT2D eigenvalue weighted by Gasteiger charge is 2.46. The van der Waals surface area contributed by atoms with Gasteiger partial charge in [0.15, 0.2) is 0 Å².